The van der Waals surface area contributed by atoms with Gasteiger partial charge in [-0.2, -0.15) is 18.2 Å². The molecule has 3 unspecified atom stereocenters. The normalized spacial score (nSPS) is 33.7. The van der Waals surface area contributed by atoms with Crippen LogP contribution >= 0.6 is 0 Å². The maximum atomic E-state index is 12.4. The molecule has 1 aliphatic carbocycles. The third-order valence-electron chi connectivity index (χ3n) is 4.00. The van der Waals surface area contributed by atoms with Crippen molar-refractivity contribution in [2.24, 2.45) is 17.6 Å². The molecule has 4 nitrogen and oxygen atoms in total. The smallest absolute Gasteiger partial charge is 0.329 e. The van der Waals surface area contributed by atoms with E-state index < -0.39 is 17.6 Å². The summed E-state index contributed by atoms with van der Waals surface area (Å²) < 4.78 is 41.6. The molecule has 7 heteroatoms. The maximum Gasteiger partial charge on any atom is 0.471 e. The zero-order chi connectivity index (χ0) is 13.6. The van der Waals surface area contributed by atoms with Crippen LogP contribution in [0.15, 0.2) is 4.52 Å². The van der Waals surface area contributed by atoms with Gasteiger partial charge in [-0.15, -0.1) is 0 Å². The highest BCUT2D eigenvalue weighted by atomic mass is 19.4. The molecule has 1 aromatic heterocycles. The summed E-state index contributed by atoms with van der Waals surface area (Å²) in [6, 6.07) is 0. The van der Waals surface area contributed by atoms with Crippen LogP contribution in [0.4, 0.5) is 13.2 Å². The molecule has 2 N–H and O–H groups in total. The average Bonchev–Trinajstić information content (AvgIpc) is 2.75. The van der Waals surface area contributed by atoms with E-state index in [-0.39, 0.29) is 11.7 Å². The number of nitrogens with zero attached hydrogens (tertiary/aromatic N) is 2. The minimum Gasteiger partial charge on any atom is -0.329 e. The predicted molar refractivity (Wildman–Crippen MR) is 57.3 cm³/mol. The van der Waals surface area contributed by atoms with E-state index in [4.69, 9.17) is 5.73 Å². The van der Waals surface area contributed by atoms with Gasteiger partial charge in [0.2, 0.25) is 0 Å². The summed E-state index contributed by atoms with van der Waals surface area (Å²) in [4.78, 5) is 3.43. The molecule has 1 fully saturated rings. The van der Waals surface area contributed by atoms with Gasteiger partial charge in [0.1, 0.15) is 0 Å². The fourth-order valence-electron chi connectivity index (χ4n) is 2.55. The Hall–Kier alpha value is -1.11. The average molecular weight is 263 g/mol. The Balaban J connectivity index is 2.32. The van der Waals surface area contributed by atoms with E-state index in [0.717, 1.165) is 12.8 Å². The van der Waals surface area contributed by atoms with E-state index in [0.29, 0.717) is 12.3 Å². The van der Waals surface area contributed by atoms with Crippen molar-refractivity contribution < 1.29 is 17.7 Å². The molecule has 0 aliphatic heterocycles. The minimum absolute atomic E-state index is 0.0185. The lowest BCUT2D eigenvalue weighted by atomic mass is 9.68. The van der Waals surface area contributed by atoms with Crippen LogP contribution in [0.1, 0.15) is 44.8 Å². The summed E-state index contributed by atoms with van der Waals surface area (Å²) in [6.07, 6.45) is -2.16. The molecule has 1 heterocycles. The monoisotopic (exact) mass is 263 g/mol. The Kier molecular flexibility index (Phi) is 3.12. The first-order valence-electron chi connectivity index (χ1n) is 5.95. The second kappa shape index (κ2) is 4.22. The largest absolute Gasteiger partial charge is 0.471 e. The van der Waals surface area contributed by atoms with Gasteiger partial charge in [-0.25, -0.2) is 0 Å². The quantitative estimate of drug-likeness (QED) is 0.846. The van der Waals surface area contributed by atoms with Gasteiger partial charge >= 0.3 is 12.1 Å². The van der Waals surface area contributed by atoms with Crippen LogP contribution in [0.3, 0.4) is 0 Å². The highest BCUT2D eigenvalue weighted by Crippen LogP contribution is 2.42. The lowest BCUT2D eigenvalue weighted by Crippen LogP contribution is -2.49. The first-order valence-corrected chi connectivity index (χ1v) is 5.95. The Bertz CT molecular complexity index is 431. The minimum atomic E-state index is -4.62. The summed E-state index contributed by atoms with van der Waals surface area (Å²) in [7, 11) is 0. The first kappa shape index (κ1) is 13.3. The van der Waals surface area contributed by atoms with E-state index in [1.807, 2.05) is 13.8 Å². The van der Waals surface area contributed by atoms with Crippen LogP contribution in [-0.2, 0) is 11.7 Å². The molecule has 1 aromatic rings. The Morgan fingerprint density at radius 2 is 2.06 bits per heavy atom. The van der Waals surface area contributed by atoms with Crippen LogP contribution in [0.2, 0.25) is 0 Å². The SMILES string of the molecule is CC1CCCC(N)(c2noc(C(F)(F)F)n2)C1C. The molecule has 1 aliphatic rings. The molecule has 0 bridgehead atoms. The van der Waals surface area contributed by atoms with Crippen LogP contribution < -0.4 is 5.73 Å². The van der Waals surface area contributed by atoms with Crippen molar-refractivity contribution in [2.45, 2.75) is 44.8 Å². The third-order valence-corrected chi connectivity index (χ3v) is 4.00. The van der Waals surface area contributed by atoms with E-state index >= 15 is 0 Å². The number of halogens is 3. The van der Waals surface area contributed by atoms with Crippen molar-refractivity contribution in [1.82, 2.24) is 10.1 Å². The van der Waals surface area contributed by atoms with Crippen molar-refractivity contribution in [3.05, 3.63) is 11.7 Å². The highest BCUT2D eigenvalue weighted by molar-refractivity contribution is 5.09. The maximum absolute atomic E-state index is 12.4. The fourth-order valence-corrected chi connectivity index (χ4v) is 2.55. The molecule has 0 saturated heterocycles. The number of aromatic nitrogens is 2. The molecular formula is C11H16F3N3O. The van der Waals surface area contributed by atoms with Crippen molar-refractivity contribution in [2.75, 3.05) is 0 Å². The van der Waals surface area contributed by atoms with Gasteiger partial charge in [-0.3, -0.25) is 0 Å². The standard InChI is InChI=1S/C11H16F3N3O/c1-6-4-3-5-10(15,7(6)2)8-16-9(18-17-8)11(12,13)14/h6-7H,3-5,15H2,1-2H3. The molecule has 3 atom stereocenters. The molecule has 2 rings (SSSR count). The summed E-state index contributed by atoms with van der Waals surface area (Å²) in [6.45, 7) is 3.96. The zero-order valence-electron chi connectivity index (χ0n) is 10.3. The van der Waals surface area contributed by atoms with E-state index in [1.54, 1.807) is 0 Å². The van der Waals surface area contributed by atoms with Crippen molar-refractivity contribution in [3.63, 3.8) is 0 Å². The summed E-state index contributed by atoms with van der Waals surface area (Å²) in [5, 5.41) is 3.43. The molecule has 0 amide bonds. The predicted octanol–water partition coefficient (Wildman–Crippen LogP) is 2.70. The Morgan fingerprint density at radius 1 is 1.39 bits per heavy atom. The van der Waals surface area contributed by atoms with Gasteiger partial charge in [-0.1, -0.05) is 31.8 Å². The third kappa shape index (κ3) is 2.11. The highest BCUT2D eigenvalue weighted by Gasteiger charge is 2.46. The van der Waals surface area contributed by atoms with Crippen LogP contribution in [-0.4, -0.2) is 10.1 Å². The van der Waals surface area contributed by atoms with Gasteiger partial charge in [0.25, 0.3) is 0 Å². The van der Waals surface area contributed by atoms with Gasteiger partial charge < -0.3 is 10.3 Å². The lowest BCUT2D eigenvalue weighted by Gasteiger charge is -2.40. The number of hydrogen-bond donors (Lipinski definition) is 1. The van der Waals surface area contributed by atoms with Gasteiger partial charge in [0.05, 0.1) is 5.54 Å². The van der Waals surface area contributed by atoms with Crippen molar-refractivity contribution in [1.29, 1.82) is 0 Å². The van der Waals surface area contributed by atoms with Crippen LogP contribution in [0, 0.1) is 11.8 Å². The molecule has 0 aromatic carbocycles. The van der Waals surface area contributed by atoms with Gasteiger partial charge in [0.15, 0.2) is 5.82 Å². The van der Waals surface area contributed by atoms with Gasteiger partial charge in [0, 0.05) is 0 Å². The number of hydrogen-bond acceptors (Lipinski definition) is 4. The van der Waals surface area contributed by atoms with E-state index in [9.17, 15) is 13.2 Å². The molecule has 102 valence electrons. The molecule has 0 radical (unpaired) electrons. The zero-order valence-corrected chi connectivity index (χ0v) is 10.3. The van der Waals surface area contributed by atoms with Crippen LogP contribution in [0.25, 0.3) is 0 Å². The lowest BCUT2D eigenvalue weighted by molar-refractivity contribution is -0.159. The number of alkyl halides is 3. The van der Waals surface area contributed by atoms with Gasteiger partial charge in [-0.05, 0) is 18.3 Å². The summed E-state index contributed by atoms with van der Waals surface area (Å²) in [5.41, 5.74) is 5.29. The molecule has 1 saturated carbocycles. The fraction of sp³-hybridized carbons (Fsp3) is 0.818. The molecular weight excluding hydrogens is 247 g/mol. The molecule has 18 heavy (non-hydrogen) atoms. The van der Waals surface area contributed by atoms with E-state index in [1.165, 1.54) is 0 Å². The Labute approximate surface area is 103 Å². The number of rotatable bonds is 1. The topological polar surface area (TPSA) is 64.9 Å². The summed E-state index contributed by atoms with van der Waals surface area (Å²) in [5.74, 6) is -1.01. The first-order chi connectivity index (χ1) is 8.25. The summed E-state index contributed by atoms with van der Waals surface area (Å²) >= 11 is 0. The van der Waals surface area contributed by atoms with E-state index in [2.05, 4.69) is 14.7 Å². The van der Waals surface area contributed by atoms with Crippen molar-refractivity contribution >= 4 is 0 Å². The molecule has 0 spiro atoms. The number of nitrogens with two attached hydrogens (primary N) is 1. The second-order valence-corrected chi connectivity index (χ2v) is 5.12. The van der Waals surface area contributed by atoms with Crippen molar-refractivity contribution in [3.8, 4) is 0 Å². The Morgan fingerprint density at radius 3 is 2.61 bits per heavy atom. The van der Waals surface area contributed by atoms with Crippen LogP contribution in [0.5, 0.6) is 0 Å². The second-order valence-electron chi connectivity index (χ2n) is 5.12.